The molecule has 19 heteroatoms. The lowest BCUT2D eigenvalue weighted by Crippen LogP contribution is -2.30. The minimum atomic E-state index is -4.96. The van der Waals surface area contributed by atoms with Crippen molar-refractivity contribution < 1.29 is 80.2 Å². The zero-order chi connectivity index (χ0) is 73.7. The van der Waals surface area contributed by atoms with Crippen LogP contribution in [-0.2, 0) is 65.4 Å². The summed E-state index contributed by atoms with van der Waals surface area (Å²) in [5.41, 5.74) is 0. The number of hydrogen-bond donors (Lipinski definition) is 3. The summed E-state index contributed by atoms with van der Waals surface area (Å²) in [7, 11) is -9.92. The molecule has 0 heterocycles. The van der Waals surface area contributed by atoms with Gasteiger partial charge in [0.15, 0.2) is 12.2 Å². The Kier molecular flexibility index (Phi) is 69.9. The maximum Gasteiger partial charge on any atom is 0.472 e. The van der Waals surface area contributed by atoms with E-state index in [0.29, 0.717) is 31.6 Å². The lowest BCUT2D eigenvalue weighted by Gasteiger charge is -2.21. The van der Waals surface area contributed by atoms with Crippen LogP contribution in [-0.4, -0.2) is 96.7 Å². The van der Waals surface area contributed by atoms with Crippen LogP contribution >= 0.6 is 15.6 Å². The van der Waals surface area contributed by atoms with Crippen molar-refractivity contribution in [1.29, 1.82) is 0 Å². The molecule has 3 unspecified atom stereocenters. The van der Waals surface area contributed by atoms with Crippen molar-refractivity contribution >= 4 is 39.5 Å². The highest BCUT2D eigenvalue weighted by Gasteiger charge is 2.30. The average Bonchev–Trinajstić information content (AvgIpc) is 0.992. The highest BCUT2D eigenvalue weighted by Crippen LogP contribution is 2.45. The second kappa shape index (κ2) is 71.3. The third kappa shape index (κ3) is 73.0. The number of unbranched alkanes of at least 4 members (excludes halogenated alkanes) is 46. The van der Waals surface area contributed by atoms with Crippen LogP contribution < -0.4 is 0 Å². The molecule has 0 spiro atoms. The van der Waals surface area contributed by atoms with Gasteiger partial charge in [-0.3, -0.25) is 37.3 Å². The van der Waals surface area contributed by atoms with E-state index in [0.717, 1.165) is 108 Å². The fourth-order valence-electron chi connectivity index (χ4n) is 12.5. The molecule has 594 valence electrons. The molecule has 0 amide bonds. The first-order valence-electron chi connectivity index (χ1n) is 41.9. The first-order valence-corrected chi connectivity index (χ1v) is 44.9. The topological polar surface area (TPSA) is 237 Å². The Labute approximate surface area is 613 Å². The molecule has 0 fully saturated rings. The summed E-state index contributed by atoms with van der Waals surface area (Å²) in [4.78, 5) is 73.0. The van der Waals surface area contributed by atoms with Gasteiger partial charge in [0.05, 0.1) is 26.4 Å². The van der Waals surface area contributed by atoms with E-state index in [-0.39, 0.29) is 25.7 Å². The van der Waals surface area contributed by atoms with Crippen molar-refractivity contribution in [2.24, 2.45) is 17.8 Å². The second-order valence-corrected chi connectivity index (χ2v) is 33.3. The highest BCUT2D eigenvalue weighted by atomic mass is 31.2. The van der Waals surface area contributed by atoms with Crippen LogP contribution in [0.2, 0.25) is 0 Å². The van der Waals surface area contributed by atoms with Crippen LogP contribution in [0.1, 0.15) is 421 Å². The SMILES string of the molecule is CCCCCCCCCCCCCCCCC(=O)O[C@H](COC(=O)CCCCCCCCCC(C)C)COP(=O)(O)OC[C@H](O)COP(=O)(O)OC[C@@H](COC(=O)CCCCCCCCCCCCCCCCC(C)CC)OC(=O)CCCCCCCCCCCCCCCCCC(C)C. The van der Waals surface area contributed by atoms with Crippen molar-refractivity contribution in [3.8, 4) is 0 Å². The summed E-state index contributed by atoms with van der Waals surface area (Å²) in [5.74, 6) is 0.247. The third-order valence-electron chi connectivity index (χ3n) is 19.2. The number of aliphatic hydroxyl groups excluding tert-OH is 1. The van der Waals surface area contributed by atoms with Gasteiger partial charge in [0.1, 0.15) is 19.3 Å². The van der Waals surface area contributed by atoms with Gasteiger partial charge in [0, 0.05) is 25.7 Å². The Hall–Kier alpha value is -1.94. The quantitative estimate of drug-likeness (QED) is 0.0222. The predicted octanol–water partition coefficient (Wildman–Crippen LogP) is 24.1. The van der Waals surface area contributed by atoms with Gasteiger partial charge in [-0.25, -0.2) is 9.13 Å². The number of ether oxygens (including phenoxy) is 4. The van der Waals surface area contributed by atoms with Gasteiger partial charge in [-0.05, 0) is 43.4 Å². The van der Waals surface area contributed by atoms with E-state index in [1.54, 1.807) is 0 Å². The zero-order valence-corrected chi connectivity index (χ0v) is 67.5. The Balaban J connectivity index is 5.24. The van der Waals surface area contributed by atoms with Crippen LogP contribution in [0.3, 0.4) is 0 Å². The van der Waals surface area contributed by atoms with Crippen LogP contribution in [0.15, 0.2) is 0 Å². The van der Waals surface area contributed by atoms with Crippen LogP contribution in [0.5, 0.6) is 0 Å². The molecular weight excluding hydrogens is 1310 g/mol. The van der Waals surface area contributed by atoms with Gasteiger partial charge in [0.25, 0.3) is 0 Å². The smallest absolute Gasteiger partial charge is 0.462 e. The Morgan fingerprint density at radius 3 is 0.760 bits per heavy atom. The fraction of sp³-hybridized carbons (Fsp3) is 0.951. The minimum Gasteiger partial charge on any atom is -0.462 e. The standard InChI is InChI=1S/C81H158O17P2/c1-8-10-11-12-13-14-15-16-24-30-35-42-50-57-64-81(86)98-77(69-92-79(84)63-56-49-44-37-39-46-53-60-73(5)6)71-96-100(89,90)94-67-75(82)66-93-99(87,88)95-70-76(97-80(85)65-58-51-43-36-31-26-19-17-18-22-27-32-38-45-52-59-72(3)4)68-91-78(83)62-55-48-41-34-29-25-21-20-23-28-33-40-47-54-61-74(7)9-2/h72-77,82H,8-71H2,1-7H3,(H,87,88)(H,89,90)/t74?,75-,76-,77-/m1/s1. The normalized spacial score (nSPS) is 14.2. The molecule has 6 atom stereocenters. The number of hydrogen-bond acceptors (Lipinski definition) is 15. The summed E-state index contributed by atoms with van der Waals surface area (Å²) >= 11 is 0. The molecule has 0 rings (SSSR count). The van der Waals surface area contributed by atoms with Gasteiger partial charge >= 0.3 is 39.5 Å². The summed E-state index contributed by atoms with van der Waals surface area (Å²) in [6.07, 6.45) is 59.6. The number of carbonyl (C=O) groups is 4. The number of phosphoric acid groups is 2. The van der Waals surface area contributed by atoms with E-state index >= 15 is 0 Å². The van der Waals surface area contributed by atoms with E-state index in [1.807, 2.05) is 0 Å². The van der Waals surface area contributed by atoms with Crippen molar-refractivity contribution in [1.82, 2.24) is 0 Å². The van der Waals surface area contributed by atoms with Gasteiger partial charge in [0.2, 0.25) is 0 Å². The monoisotopic (exact) mass is 1470 g/mol. The minimum absolute atomic E-state index is 0.107. The summed E-state index contributed by atoms with van der Waals surface area (Å²) in [6.45, 7) is 12.0. The Morgan fingerprint density at radius 2 is 0.510 bits per heavy atom. The molecule has 100 heavy (non-hydrogen) atoms. The second-order valence-electron chi connectivity index (χ2n) is 30.4. The van der Waals surface area contributed by atoms with E-state index < -0.39 is 97.5 Å². The molecule has 0 aromatic rings. The van der Waals surface area contributed by atoms with Gasteiger partial charge in [-0.15, -0.1) is 0 Å². The molecule has 0 aliphatic rings. The molecule has 0 aliphatic carbocycles. The highest BCUT2D eigenvalue weighted by molar-refractivity contribution is 7.47. The van der Waals surface area contributed by atoms with Crippen molar-refractivity contribution in [2.75, 3.05) is 39.6 Å². The number of esters is 4. The maximum absolute atomic E-state index is 13.1. The Bertz CT molecular complexity index is 1940. The van der Waals surface area contributed by atoms with Gasteiger partial charge in [-0.2, -0.15) is 0 Å². The van der Waals surface area contributed by atoms with Crippen molar-refractivity contribution in [3.63, 3.8) is 0 Å². The summed E-state index contributed by atoms with van der Waals surface area (Å²) < 4.78 is 68.7. The largest absolute Gasteiger partial charge is 0.472 e. The first kappa shape index (κ1) is 98.1. The molecular formula is C81H158O17P2. The molecule has 0 aliphatic heterocycles. The predicted molar refractivity (Wildman–Crippen MR) is 409 cm³/mol. The molecule has 0 radical (unpaired) electrons. The van der Waals surface area contributed by atoms with E-state index in [1.165, 1.54) is 225 Å². The molecule has 0 saturated heterocycles. The first-order chi connectivity index (χ1) is 48.3. The van der Waals surface area contributed by atoms with Gasteiger partial charge in [-0.1, -0.05) is 370 Å². The number of aliphatic hydroxyl groups is 1. The average molecular weight is 1470 g/mol. The molecule has 17 nitrogen and oxygen atoms in total. The van der Waals surface area contributed by atoms with Crippen molar-refractivity contribution in [3.05, 3.63) is 0 Å². The molecule has 0 aromatic carbocycles. The zero-order valence-electron chi connectivity index (χ0n) is 65.7. The molecule has 0 bridgehead atoms. The van der Waals surface area contributed by atoms with E-state index in [4.69, 9.17) is 37.0 Å². The fourth-order valence-corrected chi connectivity index (χ4v) is 14.0. The molecule has 3 N–H and O–H groups in total. The van der Waals surface area contributed by atoms with Crippen LogP contribution in [0.4, 0.5) is 0 Å². The van der Waals surface area contributed by atoms with Crippen molar-refractivity contribution in [2.45, 2.75) is 439 Å². The Morgan fingerprint density at radius 1 is 0.290 bits per heavy atom. The number of carbonyl (C=O) groups excluding carboxylic acids is 4. The molecule has 0 saturated carbocycles. The van der Waals surface area contributed by atoms with Gasteiger partial charge < -0.3 is 33.8 Å². The number of phosphoric ester groups is 2. The molecule has 0 aromatic heterocycles. The lowest BCUT2D eigenvalue weighted by atomic mass is 9.99. The van der Waals surface area contributed by atoms with E-state index in [9.17, 15) is 43.2 Å². The van der Waals surface area contributed by atoms with E-state index in [2.05, 4.69) is 48.5 Å². The summed E-state index contributed by atoms with van der Waals surface area (Å²) in [5, 5.41) is 10.6. The number of rotatable bonds is 79. The lowest BCUT2D eigenvalue weighted by molar-refractivity contribution is -0.161. The maximum atomic E-state index is 13.1. The van der Waals surface area contributed by atoms with Crippen LogP contribution in [0, 0.1) is 17.8 Å². The third-order valence-corrected chi connectivity index (χ3v) is 21.1. The van der Waals surface area contributed by atoms with Crippen LogP contribution in [0.25, 0.3) is 0 Å². The summed E-state index contributed by atoms with van der Waals surface area (Å²) in [6, 6.07) is 0.